The van der Waals surface area contributed by atoms with E-state index in [4.69, 9.17) is 14.1 Å². The summed E-state index contributed by atoms with van der Waals surface area (Å²) >= 11 is 0. The fraction of sp³-hybridized carbons (Fsp3) is 0.400. The van der Waals surface area contributed by atoms with Crippen molar-refractivity contribution in [2.75, 3.05) is 0 Å². The number of nitrogens with one attached hydrogen (secondary N) is 1. The molecule has 106 valence electrons. The number of rotatable bonds is 1. The molecule has 0 saturated carbocycles. The second-order valence-electron chi connectivity index (χ2n) is 6.48. The molecule has 0 radical (unpaired) electrons. The van der Waals surface area contributed by atoms with Gasteiger partial charge in [-0.1, -0.05) is 27.4 Å². The van der Waals surface area contributed by atoms with Crippen LogP contribution in [0, 0.1) is 4.78 Å². The van der Waals surface area contributed by atoms with Crippen molar-refractivity contribution in [1.29, 1.82) is 4.78 Å². The first kappa shape index (κ1) is 13.9. The van der Waals surface area contributed by atoms with E-state index in [9.17, 15) is 0 Å². The SMILES string of the molecule is C=S1(=N)C=Cc2cc(B3OC(C)(C)C(C)(C)O3)ccc21. The van der Waals surface area contributed by atoms with Crippen molar-refractivity contribution in [2.24, 2.45) is 0 Å². The topological polar surface area (TPSA) is 42.3 Å². The molecule has 2 aliphatic rings. The van der Waals surface area contributed by atoms with Gasteiger partial charge in [0.2, 0.25) is 0 Å². The minimum Gasteiger partial charge on any atom is -0.399 e. The fourth-order valence-corrected chi connectivity index (χ4v) is 3.80. The molecular weight excluding hydrogens is 269 g/mol. The minimum absolute atomic E-state index is 0.330. The van der Waals surface area contributed by atoms with Gasteiger partial charge in [0.1, 0.15) is 0 Å². The molecule has 0 bridgehead atoms. The van der Waals surface area contributed by atoms with E-state index >= 15 is 0 Å². The van der Waals surface area contributed by atoms with Crippen molar-refractivity contribution in [3.8, 4) is 0 Å². The molecule has 3 rings (SSSR count). The Morgan fingerprint density at radius 2 is 1.75 bits per heavy atom. The summed E-state index contributed by atoms with van der Waals surface area (Å²) in [5.74, 6) is 3.98. The molecular formula is C15H20BNO2S. The highest BCUT2D eigenvalue weighted by Crippen LogP contribution is 2.37. The van der Waals surface area contributed by atoms with Crippen LogP contribution < -0.4 is 5.46 Å². The van der Waals surface area contributed by atoms with Crippen molar-refractivity contribution >= 4 is 33.9 Å². The van der Waals surface area contributed by atoms with Crippen LogP contribution in [0.15, 0.2) is 28.5 Å². The van der Waals surface area contributed by atoms with Crippen LogP contribution in [0.1, 0.15) is 33.3 Å². The van der Waals surface area contributed by atoms with Gasteiger partial charge in [0.05, 0.1) is 11.2 Å². The number of fused-ring (bicyclic) bond motifs is 1. The molecule has 2 heterocycles. The van der Waals surface area contributed by atoms with E-state index in [1.807, 2.05) is 23.6 Å². The van der Waals surface area contributed by atoms with Gasteiger partial charge in [0, 0.05) is 4.90 Å². The van der Waals surface area contributed by atoms with E-state index in [1.54, 1.807) is 0 Å². The molecule has 1 aromatic carbocycles. The van der Waals surface area contributed by atoms with Crippen molar-refractivity contribution in [3.05, 3.63) is 29.2 Å². The first-order valence-corrected chi connectivity index (χ1v) is 8.58. The van der Waals surface area contributed by atoms with Crippen LogP contribution in [0.5, 0.6) is 0 Å². The maximum absolute atomic E-state index is 8.20. The van der Waals surface area contributed by atoms with Gasteiger partial charge >= 0.3 is 7.12 Å². The highest BCUT2D eigenvalue weighted by Gasteiger charge is 2.51. The van der Waals surface area contributed by atoms with Gasteiger partial charge in [-0.3, -0.25) is 4.78 Å². The van der Waals surface area contributed by atoms with Crippen LogP contribution in [0.2, 0.25) is 0 Å². The van der Waals surface area contributed by atoms with E-state index in [2.05, 4.69) is 39.6 Å². The lowest BCUT2D eigenvalue weighted by molar-refractivity contribution is 0.00578. The largest absolute Gasteiger partial charge is 0.494 e. The Morgan fingerprint density at radius 1 is 1.15 bits per heavy atom. The zero-order valence-electron chi connectivity index (χ0n) is 12.4. The van der Waals surface area contributed by atoms with Gasteiger partial charge in [-0.25, -0.2) is 0 Å². The maximum Gasteiger partial charge on any atom is 0.494 e. The summed E-state index contributed by atoms with van der Waals surface area (Å²) in [6.45, 7) is 8.20. The highest BCUT2D eigenvalue weighted by atomic mass is 32.2. The van der Waals surface area contributed by atoms with Crippen LogP contribution in [0.4, 0.5) is 0 Å². The first-order valence-electron chi connectivity index (χ1n) is 6.71. The Morgan fingerprint density at radius 3 is 2.35 bits per heavy atom. The number of hydrogen-bond acceptors (Lipinski definition) is 3. The summed E-state index contributed by atoms with van der Waals surface area (Å²) in [5.41, 5.74) is 1.41. The van der Waals surface area contributed by atoms with E-state index in [0.717, 1.165) is 15.9 Å². The smallest absolute Gasteiger partial charge is 0.399 e. The molecule has 0 aromatic heterocycles. The molecule has 0 aliphatic carbocycles. The lowest BCUT2D eigenvalue weighted by atomic mass is 9.78. The highest BCUT2D eigenvalue weighted by molar-refractivity contribution is 8.04. The molecule has 3 nitrogen and oxygen atoms in total. The quantitative estimate of drug-likeness (QED) is 0.638. The second-order valence-corrected chi connectivity index (χ2v) is 8.78. The Bertz CT molecular complexity index is 689. The molecule has 20 heavy (non-hydrogen) atoms. The average molecular weight is 289 g/mol. The maximum atomic E-state index is 8.20. The molecule has 0 spiro atoms. The Balaban J connectivity index is 1.97. The monoisotopic (exact) mass is 289 g/mol. The Hall–Kier alpha value is -1.04. The zero-order valence-corrected chi connectivity index (χ0v) is 13.2. The van der Waals surface area contributed by atoms with Crippen molar-refractivity contribution in [2.45, 2.75) is 43.8 Å². The predicted molar refractivity (Wildman–Crippen MR) is 86.7 cm³/mol. The van der Waals surface area contributed by atoms with Crippen molar-refractivity contribution < 1.29 is 9.31 Å². The molecule has 2 aliphatic heterocycles. The first-order chi connectivity index (χ1) is 9.12. The van der Waals surface area contributed by atoms with Gasteiger partial charge in [-0.15, -0.1) is 0 Å². The van der Waals surface area contributed by atoms with Crippen LogP contribution in [0.25, 0.3) is 6.08 Å². The Labute approximate surface area is 121 Å². The van der Waals surface area contributed by atoms with Gasteiger partial charge in [0.25, 0.3) is 0 Å². The summed E-state index contributed by atoms with van der Waals surface area (Å²) in [7, 11) is -2.10. The van der Waals surface area contributed by atoms with E-state index in [0.29, 0.717) is 0 Å². The summed E-state index contributed by atoms with van der Waals surface area (Å²) in [6, 6.07) is 6.04. The van der Waals surface area contributed by atoms with E-state index in [-0.39, 0.29) is 18.3 Å². The summed E-state index contributed by atoms with van der Waals surface area (Å²) in [4.78, 5) is 1.01. The Kier molecular flexibility index (Phi) is 2.78. The van der Waals surface area contributed by atoms with Crippen molar-refractivity contribution in [3.63, 3.8) is 0 Å². The standard InChI is InChI=1S/C15H20BNO2S/c1-14(2)15(3,4)19-16(18-14)12-6-7-13-11(10-12)8-9-20(13,5)17/h6-10,17H,5H2,1-4H3. The second kappa shape index (κ2) is 4.00. The van der Waals surface area contributed by atoms with Crippen LogP contribution in [-0.2, 0) is 18.7 Å². The van der Waals surface area contributed by atoms with Crippen LogP contribution >= 0.6 is 0 Å². The zero-order chi connectivity index (χ0) is 14.8. The lowest BCUT2D eigenvalue weighted by Crippen LogP contribution is -2.41. The van der Waals surface area contributed by atoms with Crippen LogP contribution in [0.3, 0.4) is 0 Å². The molecule has 5 heteroatoms. The summed E-state index contributed by atoms with van der Waals surface area (Å²) in [5, 5.41) is 1.89. The van der Waals surface area contributed by atoms with Gasteiger partial charge in [0.15, 0.2) is 0 Å². The number of hydrogen-bond donors (Lipinski definition) is 1. The third-order valence-electron chi connectivity index (χ3n) is 4.43. The van der Waals surface area contributed by atoms with E-state index in [1.165, 1.54) is 0 Å². The molecule has 1 fully saturated rings. The molecule has 0 amide bonds. The normalized spacial score (nSPS) is 29.7. The molecule has 1 aromatic rings. The fourth-order valence-electron chi connectivity index (χ4n) is 2.42. The van der Waals surface area contributed by atoms with Gasteiger partial charge < -0.3 is 9.31 Å². The van der Waals surface area contributed by atoms with Gasteiger partial charge in [-0.05, 0) is 56.3 Å². The van der Waals surface area contributed by atoms with Gasteiger partial charge in [-0.2, -0.15) is 0 Å². The average Bonchev–Trinajstić information content (AvgIpc) is 2.74. The minimum atomic E-state index is -1.75. The molecule has 1 unspecified atom stereocenters. The molecule has 1 N–H and O–H groups in total. The third kappa shape index (κ3) is 1.96. The lowest BCUT2D eigenvalue weighted by Gasteiger charge is -2.32. The number of benzene rings is 1. The summed E-state index contributed by atoms with van der Waals surface area (Å²) in [6.07, 6.45) is 1.99. The van der Waals surface area contributed by atoms with Crippen LogP contribution in [-0.4, -0.2) is 24.2 Å². The van der Waals surface area contributed by atoms with E-state index < -0.39 is 9.41 Å². The molecule has 1 saturated heterocycles. The molecule has 1 atom stereocenters. The predicted octanol–water partition coefficient (Wildman–Crippen LogP) is 2.68. The van der Waals surface area contributed by atoms with Crippen molar-refractivity contribution in [1.82, 2.24) is 0 Å². The summed E-state index contributed by atoms with van der Waals surface area (Å²) < 4.78 is 20.3. The third-order valence-corrected chi connectivity index (χ3v) is 6.19.